The summed E-state index contributed by atoms with van der Waals surface area (Å²) in [5, 5.41) is 3.03. The van der Waals surface area contributed by atoms with Crippen molar-refractivity contribution in [1.29, 1.82) is 0 Å². The van der Waals surface area contributed by atoms with Crippen LogP contribution >= 0.6 is 0 Å². The summed E-state index contributed by atoms with van der Waals surface area (Å²) in [5.41, 5.74) is 1.81. The first kappa shape index (κ1) is 25.7. The van der Waals surface area contributed by atoms with Gasteiger partial charge in [0.25, 0.3) is 11.8 Å². The Kier molecular flexibility index (Phi) is 7.73. The number of ether oxygens (including phenoxy) is 1. The number of hydrogen-bond acceptors (Lipinski definition) is 6. The second-order valence-corrected chi connectivity index (χ2v) is 8.02. The molecule has 2 aromatic carbocycles. The van der Waals surface area contributed by atoms with Gasteiger partial charge in [0.1, 0.15) is 12.0 Å². The van der Waals surface area contributed by atoms with Crippen LogP contribution in [0.3, 0.4) is 0 Å². The molecule has 35 heavy (non-hydrogen) atoms. The number of Topliss-reactive ketones (excluding diaryl/α,β-unsaturated/α-hetero) is 1. The van der Waals surface area contributed by atoms with Crippen molar-refractivity contribution in [2.75, 3.05) is 0 Å². The second kappa shape index (κ2) is 10.5. The maximum Gasteiger partial charge on any atom is 0.573 e. The summed E-state index contributed by atoms with van der Waals surface area (Å²) in [7, 11) is 0. The third-order valence-corrected chi connectivity index (χ3v) is 5.45. The highest BCUT2D eigenvalue weighted by atomic mass is 19.4. The van der Waals surface area contributed by atoms with E-state index in [9.17, 15) is 32.3 Å². The first-order valence-electron chi connectivity index (χ1n) is 10.7. The van der Waals surface area contributed by atoms with E-state index < -0.39 is 30.0 Å². The first-order chi connectivity index (χ1) is 16.5. The third kappa shape index (κ3) is 6.14. The minimum Gasteiger partial charge on any atom is -0.406 e. The van der Waals surface area contributed by atoms with Crippen molar-refractivity contribution in [3.8, 4) is 5.75 Å². The topological polar surface area (TPSA) is 92.8 Å². The van der Waals surface area contributed by atoms with Gasteiger partial charge in [-0.1, -0.05) is 30.8 Å². The number of imide groups is 1. The molecular weight excluding hydrogens is 465 g/mol. The summed E-state index contributed by atoms with van der Waals surface area (Å²) in [6.45, 7) is 5.26. The van der Waals surface area contributed by atoms with Crippen LogP contribution < -0.4 is 10.1 Å². The average Bonchev–Trinajstić information content (AvgIpc) is 3.02. The molecule has 1 N–H and O–H groups in total. The van der Waals surface area contributed by atoms with Crippen molar-refractivity contribution in [3.05, 3.63) is 77.0 Å². The van der Waals surface area contributed by atoms with Gasteiger partial charge in [-0.05, 0) is 42.7 Å². The Morgan fingerprint density at radius 1 is 1.17 bits per heavy atom. The summed E-state index contributed by atoms with van der Waals surface area (Å²) in [5.74, 6) is -1.96. The summed E-state index contributed by atoms with van der Waals surface area (Å²) < 4.78 is 41.3. The Morgan fingerprint density at radius 2 is 1.89 bits per heavy atom. The molecule has 1 atom stereocenters. The van der Waals surface area contributed by atoms with E-state index in [0.29, 0.717) is 23.1 Å². The van der Waals surface area contributed by atoms with Crippen molar-refractivity contribution >= 4 is 23.9 Å². The molecule has 1 aliphatic rings. The highest BCUT2D eigenvalue weighted by Crippen LogP contribution is 2.29. The SMILES string of the molecule is C=C(Cc1cccc(OC(F)(F)F)c1)NCc1cccc2c1C(=O)N(C(CCC=O)C(C)=O)C2=O. The first-order valence-corrected chi connectivity index (χ1v) is 10.7. The number of carbonyl (C=O) groups is 4. The van der Waals surface area contributed by atoms with E-state index in [1.54, 1.807) is 18.2 Å². The van der Waals surface area contributed by atoms with Gasteiger partial charge >= 0.3 is 6.36 Å². The van der Waals surface area contributed by atoms with Crippen molar-refractivity contribution in [2.45, 2.75) is 45.1 Å². The van der Waals surface area contributed by atoms with Gasteiger partial charge in [-0.15, -0.1) is 13.2 Å². The number of fused-ring (bicyclic) bond motifs is 1. The quantitative estimate of drug-likeness (QED) is 0.380. The van der Waals surface area contributed by atoms with Crippen LogP contribution in [0.4, 0.5) is 13.2 Å². The molecule has 3 rings (SSSR count). The smallest absolute Gasteiger partial charge is 0.406 e. The highest BCUT2D eigenvalue weighted by Gasteiger charge is 2.42. The zero-order chi connectivity index (χ0) is 25.8. The lowest BCUT2D eigenvalue weighted by Gasteiger charge is -2.23. The molecule has 2 amide bonds. The largest absolute Gasteiger partial charge is 0.573 e. The van der Waals surface area contributed by atoms with Crippen LogP contribution in [0.2, 0.25) is 0 Å². The van der Waals surface area contributed by atoms with Crippen LogP contribution in [0.5, 0.6) is 5.75 Å². The molecule has 0 saturated heterocycles. The van der Waals surface area contributed by atoms with Crippen LogP contribution in [0.25, 0.3) is 0 Å². The highest BCUT2D eigenvalue weighted by molar-refractivity contribution is 6.23. The Bertz CT molecular complexity index is 1180. The van der Waals surface area contributed by atoms with Gasteiger partial charge in [0.15, 0.2) is 5.78 Å². The maximum absolute atomic E-state index is 13.1. The fourth-order valence-corrected chi connectivity index (χ4v) is 3.93. The van der Waals surface area contributed by atoms with E-state index in [0.717, 1.165) is 4.90 Å². The minimum absolute atomic E-state index is 0.0289. The van der Waals surface area contributed by atoms with Gasteiger partial charge in [0.2, 0.25) is 0 Å². The molecule has 1 heterocycles. The van der Waals surface area contributed by atoms with Crippen LogP contribution in [0, 0.1) is 0 Å². The predicted octanol–water partition coefficient (Wildman–Crippen LogP) is 3.96. The molecule has 10 heteroatoms. The van der Waals surface area contributed by atoms with Crippen LogP contribution in [0.15, 0.2) is 54.7 Å². The van der Waals surface area contributed by atoms with E-state index in [1.165, 1.54) is 31.2 Å². The van der Waals surface area contributed by atoms with Crippen molar-refractivity contribution in [1.82, 2.24) is 10.2 Å². The molecule has 0 spiro atoms. The number of nitrogens with one attached hydrogen (secondary N) is 1. The minimum atomic E-state index is -4.80. The lowest BCUT2D eigenvalue weighted by Crippen LogP contribution is -2.44. The molecule has 0 fully saturated rings. The fraction of sp³-hybridized carbons (Fsp3) is 0.280. The number of ketones is 1. The van der Waals surface area contributed by atoms with Gasteiger partial charge in [-0.3, -0.25) is 19.3 Å². The number of aldehydes is 1. The van der Waals surface area contributed by atoms with Gasteiger partial charge < -0.3 is 14.8 Å². The number of rotatable bonds is 11. The van der Waals surface area contributed by atoms with Gasteiger partial charge in [0.05, 0.1) is 17.2 Å². The van der Waals surface area contributed by atoms with E-state index in [2.05, 4.69) is 16.6 Å². The number of hydrogen-bond donors (Lipinski definition) is 1. The standard InChI is InChI=1S/C25H23F3N2O5/c1-15(12-17-6-3-8-19(13-17)35-25(26,27)28)29-14-18-7-4-9-20-22(18)24(34)30(23(20)33)21(16(2)32)10-5-11-31/h3-4,6-9,11,13,21,29H,1,5,10,12,14H2,2H3. The zero-order valence-corrected chi connectivity index (χ0v) is 18.9. The van der Waals surface area contributed by atoms with E-state index in [-0.39, 0.29) is 42.7 Å². The number of nitrogens with zero attached hydrogens (tertiary/aromatic N) is 1. The number of amides is 2. The fourth-order valence-electron chi connectivity index (χ4n) is 3.93. The van der Waals surface area contributed by atoms with Crippen molar-refractivity contribution in [3.63, 3.8) is 0 Å². The molecule has 0 aliphatic carbocycles. The monoisotopic (exact) mass is 488 g/mol. The average molecular weight is 488 g/mol. The molecule has 184 valence electrons. The molecule has 0 bridgehead atoms. The van der Waals surface area contributed by atoms with Crippen molar-refractivity contribution in [2.24, 2.45) is 0 Å². The van der Waals surface area contributed by atoms with Gasteiger partial charge in [0, 0.05) is 25.1 Å². The lowest BCUT2D eigenvalue weighted by molar-refractivity contribution is -0.274. The molecular formula is C25H23F3N2O5. The maximum atomic E-state index is 13.1. The van der Waals surface area contributed by atoms with Crippen molar-refractivity contribution < 1.29 is 37.1 Å². The number of benzene rings is 2. The zero-order valence-electron chi connectivity index (χ0n) is 18.9. The third-order valence-electron chi connectivity index (χ3n) is 5.45. The van der Waals surface area contributed by atoms with Crippen LogP contribution in [-0.4, -0.2) is 41.2 Å². The van der Waals surface area contributed by atoms with E-state index in [1.807, 2.05) is 0 Å². The predicted molar refractivity (Wildman–Crippen MR) is 120 cm³/mol. The molecule has 1 unspecified atom stereocenters. The Balaban J connectivity index is 1.72. The molecule has 0 aromatic heterocycles. The molecule has 0 saturated carbocycles. The summed E-state index contributed by atoms with van der Waals surface area (Å²) in [6.07, 6.45) is -3.90. The number of alkyl halides is 3. The molecule has 2 aromatic rings. The van der Waals surface area contributed by atoms with Crippen LogP contribution in [0.1, 0.15) is 51.6 Å². The lowest BCUT2D eigenvalue weighted by atomic mass is 10.0. The number of carbonyl (C=O) groups excluding carboxylic acids is 4. The summed E-state index contributed by atoms with van der Waals surface area (Å²) in [4.78, 5) is 49.8. The van der Waals surface area contributed by atoms with E-state index in [4.69, 9.17) is 0 Å². The van der Waals surface area contributed by atoms with E-state index >= 15 is 0 Å². The Hall–Kier alpha value is -3.95. The molecule has 7 nitrogen and oxygen atoms in total. The molecule has 1 aliphatic heterocycles. The Morgan fingerprint density at radius 3 is 2.54 bits per heavy atom. The normalized spacial score (nSPS) is 13.9. The Labute approximate surface area is 199 Å². The van der Waals surface area contributed by atoms with Crippen LogP contribution in [-0.2, 0) is 22.6 Å². The summed E-state index contributed by atoms with van der Waals surface area (Å²) >= 11 is 0. The number of halogens is 3. The summed E-state index contributed by atoms with van der Waals surface area (Å²) in [6, 6.07) is 9.23. The van der Waals surface area contributed by atoms with Gasteiger partial charge in [-0.2, -0.15) is 0 Å². The van der Waals surface area contributed by atoms with Gasteiger partial charge in [-0.25, -0.2) is 0 Å². The number of allylic oxidation sites excluding steroid dienone is 1. The molecule has 0 radical (unpaired) electrons. The second-order valence-electron chi connectivity index (χ2n) is 8.02.